The van der Waals surface area contributed by atoms with Crippen molar-refractivity contribution in [2.75, 3.05) is 5.88 Å². The van der Waals surface area contributed by atoms with E-state index in [0.717, 1.165) is 0 Å². The second-order valence-electron chi connectivity index (χ2n) is 1.73. The average molecular weight is 408 g/mol. The van der Waals surface area contributed by atoms with Crippen LogP contribution in [0.1, 0.15) is 6.92 Å². The molecular weight excluding hydrogens is 403 g/mol. The predicted octanol–water partition coefficient (Wildman–Crippen LogP) is 4.22. The second kappa shape index (κ2) is 3.74. The molecule has 0 nitrogen and oxygen atoms in total. The van der Waals surface area contributed by atoms with E-state index in [9.17, 15) is 0 Å². The Hall–Kier alpha value is 2.21. The Labute approximate surface area is 93.6 Å². The predicted molar refractivity (Wildman–Crippen MR) is 57.6 cm³/mol. The molecule has 0 heterocycles. The fraction of sp³-hybridized carbons (Fsp3) is 1.00. The van der Waals surface area contributed by atoms with Gasteiger partial charge < -0.3 is 0 Å². The van der Waals surface area contributed by atoms with Gasteiger partial charge in [-0.25, -0.2) is 0 Å². The summed E-state index contributed by atoms with van der Waals surface area (Å²) in [7, 11) is 0. The van der Waals surface area contributed by atoms with Crippen molar-refractivity contribution < 1.29 is 0 Å². The molecule has 5 heteroatoms. The van der Waals surface area contributed by atoms with E-state index in [1.165, 1.54) is 0 Å². The van der Waals surface area contributed by atoms with Crippen molar-refractivity contribution in [3.63, 3.8) is 0 Å². The molecule has 0 unspecified atom stereocenters. The highest BCUT2D eigenvalue weighted by Gasteiger charge is 2.39. The molecule has 0 saturated heterocycles. The van der Waals surface area contributed by atoms with Crippen molar-refractivity contribution in [1.29, 1.82) is 0 Å². The van der Waals surface area contributed by atoms with E-state index >= 15 is 0 Å². The first-order chi connectivity index (χ1) is 3.81. The summed E-state index contributed by atoms with van der Waals surface area (Å²) in [4.78, 5) is 0. The monoisotopic (exact) mass is 404 g/mol. The lowest BCUT2D eigenvalue weighted by atomic mass is 10.4. The molecule has 0 aromatic carbocycles. The molecule has 0 aromatic heterocycles. The Kier molecular flexibility index (Phi) is 4.66. The van der Waals surface area contributed by atoms with Crippen LogP contribution in [0, 0.1) is 0 Å². The Balaban J connectivity index is 4.14. The van der Waals surface area contributed by atoms with E-state index in [4.69, 9.17) is 11.6 Å². The third-order valence-electron chi connectivity index (χ3n) is 0.810. The summed E-state index contributed by atoms with van der Waals surface area (Å²) in [6, 6.07) is 0. The standard InChI is InChI=1S/C4H5Br4Cl/c1-3(5,6)4(7,8)2-9/h2H2,1H3. The van der Waals surface area contributed by atoms with Gasteiger partial charge in [-0.15, -0.1) is 11.6 Å². The van der Waals surface area contributed by atoms with Crippen molar-refractivity contribution in [2.45, 2.75) is 13.4 Å². The van der Waals surface area contributed by atoms with Crippen LogP contribution in [0.5, 0.6) is 0 Å². The summed E-state index contributed by atoms with van der Waals surface area (Å²) in [5.74, 6) is 0.472. The van der Waals surface area contributed by atoms with E-state index in [1.807, 2.05) is 6.92 Å². The van der Waals surface area contributed by atoms with Gasteiger partial charge in [-0.3, -0.25) is 0 Å². The third-order valence-corrected chi connectivity index (χ3v) is 7.49. The molecule has 56 valence electrons. The van der Waals surface area contributed by atoms with Crippen LogP contribution in [-0.2, 0) is 0 Å². The van der Waals surface area contributed by atoms with Crippen LogP contribution in [0.25, 0.3) is 0 Å². The van der Waals surface area contributed by atoms with Crippen LogP contribution in [0.3, 0.4) is 0 Å². The second-order valence-corrected chi connectivity index (χ2v) is 10.0. The van der Waals surface area contributed by atoms with Gasteiger partial charge in [0.15, 0.2) is 0 Å². The van der Waals surface area contributed by atoms with E-state index in [-0.39, 0.29) is 6.47 Å². The first kappa shape index (κ1) is 11.2. The normalized spacial score (nSPS) is 14.0. The molecule has 0 aliphatic heterocycles. The largest absolute Gasteiger partial charge is 0.124 e. The summed E-state index contributed by atoms with van der Waals surface area (Å²) >= 11 is 19.2. The topological polar surface area (TPSA) is 0 Å². The molecule has 0 saturated carbocycles. The molecule has 0 atom stereocenters. The molecule has 9 heavy (non-hydrogen) atoms. The molecule has 0 radical (unpaired) electrons. The molecule has 0 aromatic rings. The van der Waals surface area contributed by atoms with Gasteiger partial charge in [0, 0.05) is 5.88 Å². The number of hydrogen-bond donors (Lipinski definition) is 0. The average Bonchev–Trinajstić information content (AvgIpc) is 1.64. The van der Waals surface area contributed by atoms with E-state index in [2.05, 4.69) is 63.7 Å². The van der Waals surface area contributed by atoms with Gasteiger partial charge in [0.1, 0.15) is 6.47 Å². The minimum atomic E-state index is -0.297. The molecule has 0 aliphatic carbocycles. The molecular formula is C4H5Br4Cl. The SMILES string of the molecule is CC(Br)(Br)C(Br)(Br)CCl. The fourth-order valence-corrected chi connectivity index (χ4v) is 0.988. The lowest BCUT2D eigenvalue weighted by molar-refractivity contribution is 0.878. The maximum Gasteiger partial charge on any atom is 0.119 e. The highest BCUT2D eigenvalue weighted by atomic mass is 79.9. The zero-order chi connectivity index (χ0) is 7.71. The van der Waals surface area contributed by atoms with Gasteiger partial charge in [0.05, 0.1) is 0 Å². The van der Waals surface area contributed by atoms with Crippen molar-refractivity contribution >= 4 is 75.3 Å². The van der Waals surface area contributed by atoms with Crippen molar-refractivity contribution in [3.8, 4) is 0 Å². The van der Waals surface area contributed by atoms with Crippen molar-refractivity contribution in [1.82, 2.24) is 0 Å². The quantitative estimate of drug-likeness (QED) is 0.601. The lowest BCUT2D eigenvalue weighted by Gasteiger charge is -2.28. The highest BCUT2D eigenvalue weighted by Crippen LogP contribution is 2.48. The van der Waals surface area contributed by atoms with E-state index < -0.39 is 0 Å². The molecule has 0 amide bonds. The Morgan fingerprint density at radius 3 is 1.56 bits per heavy atom. The zero-order valence-electron chi connectivity index (χ0n) is 4.60. The van der Waals surface area contributed by atoms with Crippen LogP contribution < -0.4 is 0 Å². The Bertz CT molecular complexity index is 95.2. The van der Waals surface area contributed by atoms with Crippen LogP contribution in [0.15, 0.2) is 0 Å². The molecule has 0 rings (SSSR count). The Morgan fingerprint density at radius 2 is 1.56 bits per heavy atom. The zero-order valence-corrected chi connectivity index (χ0v) is 11.7. The number of alkyl halides is 5. The lowest BCUT2D eigenvalue weighted by Crippen LogP contribution is -2.32. The fourth-order valence-electron chi connectivity index (χ4n) is 0.117. The van der Waals surface area contributed by atoms with E-state index in [1.54, 1.807) is 0 Å². The van der Waals surface area contributed by atoms with Crippen LogP contribution >= 0.6 is 75.3 Å². The first-order valence-corrected chi connectivity index (χ1v) is 5.83. The van der Waals surface area contributed by atoms with Gasteiger partial charge in [0.2, 0.25) is 0 Å². The smallest absolute Gasteiger partial charge is 0.119 e. The van der Waals surface area contributed by atoms with Gasteiger partial charge in [-0.2, -0.15) is 0 Å². The summed E-state index contributed by atoms with van der Waals surface area (Å²) in [5.41, 5.74) is 0. The van der Waals surface area contributed by atoms with Crippen molar-refractivity contribution in [3.05, 3.63) is 0 Å². The van der Waals surface area contributed by atoms with Gasteiger partial charge in [-0.1, -0.05) is 63.7 Å². The third kappa shape index (κ3) is 3.41. The minimum absolute atomic E-state index is 0.227. The van der Waals surface area contributed by atoms with E-state index in [0.29, 0.717) is 5.88 Å². The van der Waals surface area contributed by atoms with Gasteiger partial charge in [-0.05, 0) is 6.92 Å². The number of rotatable bonds is 2. The van der Waals surface area contributed by atoms with Crippen molar-refractivity contribution in [2.24, 2.45) is 0 Å². The molecule has 0 bridgehead atoms. The molecule has 0 aliphatic rings. The van der Waals surface area contributed by atoms with Crippen LogP contribution in [-0.4, -0.2) is 12.3 Å². The first-order valence-electron chi connectivity index (χ1n) is 2.13. The number of halogens is 5. The summed E-state index contributed by atoms with van der Waals surface area (Å²) in [6.45, 7) is 1.96. The minimum Gasteiger partial charge on any atom is -0.124 e. The van der Waals surface area contributed by atoms with Gasteiger partial charge in [0.25, 0.3) is 0 Å². The van der Waals surface area contributed by atoms with Gasteiger partial charge >= 0.3 is 0 Å². The van der Waals surface area contributed by atoms with Crippen LogP contribution in [0.2, 0.25) is 0 Å². The maximum absolute atomic E-state index is 5.62. The van der Waals surface area contributed by atoms with Crippen LogP contribution in [0.4, 0.5) is 0 Å². The Morgan fingerprint density at radius 1 is 1.22 bits per heavy atom. The molecule has 0 N–H and O–H groups in total. The molecule has 0 fully saturated rings. The maximum atomic E-state index is 5.62. The number of hydrogen-bond acceptors (Lipinski definition) is 0. The summed E-state index contributed by atoms with van der Waals surface area (Å²) in [6.07, 6.45) is 0. The highest BCUT2D eigenvalue weighted by molar-refractivity contribution is 9.30. The summed E-state index contributed by atoms with van der Waals surface area (Å²) < 4.78 is -0.524. The summed E-state index contributed by atoms with van der Waals surface area (Å²) in [5, 5.41) is 0. The molecule has 0 spiro atoms.